The van der Waals surface area contributed by atoms with Crippen molar-refractivity contribution in [1.29, 1.82) is 0 Å². The van der Waals surface area contributed by atoms with E-state index in [1.165, 1.54) is 32.4 Å². The molecule has 7 nitrogen and oxygen atoms in total. The number of hydrazone groups is 1. The van der Waals surface area contributed by atoms with Crippen molar-refractivity contribution in [2.45, 2.75) is 13.5 Å². The van der Waals surface area contributed by atoms with Crippen LogP contribution in [0.3, 0.4) is 0 Å². The fraction of sp³-hybridized carbons (Fsp3) is 0.167. The van der Waals surface area contributed by atoms with Crippen LogP contribution in [0, 0.1) is 0 Å². The summed E-state index contributed by atoms with van der Waals surface area (Å²) in [6.07, 6.45) is 1.43. The van der Waals surface area contributed by atoms with Gasteiger partial charge in [0.05, 0.1) is 23.9 Å². The zero-order valence-corrected chi connectivity index (χ0v) is 14.9. The fourth-order valence-electron chi connectivity index (χ4n) is 2.10. The number of hydrogen-bond acceptors (Lipinski definition) is 5. The molecule has 2 aromatic rings. The third-order valence-electron chi connectivity index (χ3n) is 3.24. The molecule has 0 fully saturated rings. The van der Waals surface area contributed by atoms with E-state index in [-0.39, 0.29) is 18.1 Å². The summed E-state index contributed by atoms with van der Waals surface area (Å²) in [5.74, 6) is -0.587. The number of benzene rings is 2. The summed E-state index contributed by atoms with van der Waals surface area (Å²) in [6.45, 7) is 1.47. The van der Waals surface area contributed by atoms with Crippen LogP contribution in [0.4, 0.5) is 0 Å². The molecular weight excluding hydrogens is 360 g/mol. The molecule has 2 aromatic carbocycles. The molecule has 1 amide bonds. The largest absolute Gasteiger partial charge is 0.493 e. The van der Waals surface area contributed by atoms with Crippen LogP contribution in [0.5, 0.6) is 11.5 Å². The molecule has 0 heterocycles. The minimum absolute atomic E-state index is 0.122. The Morgan fingerprint density at radius 2 is 2.08 bits per heavy atom. The number of nitrogens with one attached hydrogen (secondary N) is 1. The zero-order valence-electron chi connectivity index (χ0n) is 14.2. The number of carbonyl (C=O) groups excluding carboxylic acids is 1. The van der Waals surface area contributed by atoms with Gasteiger partial charge in [-0.25, -0.2) is 10.2 Å². The summed E-state index contributed by atoms with van der Waals surface area (Å²) in [4.78, 5) is 21.9. The van der Waals surface area contributed by atoms with Crippen molar-refractivity contribution in [2.24, 2.45) is 5.10 Å². The molecule has 0 aliphatic rings. The number of carboxylic acid groups (broad SMARTS) is 1. The first-order valence-electron chi connectivity index (χ1n) is 7.53. The van der Waals surface area contributed by atoms with Crippen LogP contribution in [0.25, 0.3) is 0 Å². The highest BCUT2D eigenvalue weighted by atomic mass is 35.5. The number of carbonyl (C=O) groups is 2. The number of nitrogens with zero attached hydrogens (tertiary/aromatic N) is 1. The first kappa shape index (κ1) is 19.3. The molecule has 136 valence electrons. The number of methoxy groups -OCH3 is 1. The van der Waals surface area contributed by atoms with Gasteiger partial charge in [-0.3, -0.25) is 4.79 Å². The van der Waals surface area contributed by atoms with Gasteiger partial charge in [0, 0.05) is 6.92 Å². The first-order valence-corrected chi connectivity index (χ1v) is 7.90. The minimum atomic E-state index is -1.01. The Morgan fingerprint density at radius 1 is 1.31 bits per heavy atom. The Hall–Kier alpha value is -3.06. The summed E-state index contributed by atoms with van der Waals surface area (Å²) in [5, 5.41) is 13.1. The maximum Gasteiger partial charge on any atom is 0.335 e. The van der Waals surface area contributed by atoms with Gasteiger partial charge in [0.25, 0.3) is 0 Å². The Kier molecular flexibility index (Phi) is 6.57. The molecule has 2 rings (SSSR count). The van der Waals surface area contributed by atoms with E-state index in [4.69, 9.17) is 26.2 Å². The Bertz CT molecular complexity index is 851. The Labute approximate surface area is 155 Å². The smallest absolute Gasteiger partial charge is 0.335 e. The fourth-order valence-corrected chi connectivity index (χ4v) is 2.38. The number of rotatable bonds is 7. The van der Waals surface area contributed by atoms with Gasteiger partial charge in [0.2, 0.25) is 5.91 Å². The zero-order chi connectivity index (χ0) is 19.1. The van der Waals surface area contributed by atoms with E-state index in [1.807, 2.05) is 0 Å². The van der Waals surface area contributed by atoms with Gasteiger partial charge < -0.3 is 14.6 Å². The Morgan fingerprint density at radius 3 is 2.73 bits per heavy atom. The lowest BCUT2D eigenvalue weighted by atomic mass is 10.1. The third-order valence-corrected chi connectivity index (χ3v) is 3.53. The highest BCUT2D eigenvalue weighted by Crippen LogP contribution is 2.36. The van der Waals surface area contributed by atoms with E-state index in [1.54, 1.807) is 24.3 Å². The number of hydrogen-bond donors (Lipinski definition) is 2. The van der Waals surface area contributed by atoms with Gasteiger partial charge >= 0.3 is 5.97 Å². The van der Waals surface area contributed by atoms with Crippen LogP contribution >= 0.6 is 11.6 Å². The normalized spacial score (nSPS) is 10.6. The number of halogens is 1. The third kappa shape index (κ3) is 5.22. The van der Waals surface area contributed by atoms with E-state index < -0.39 is 5.97 Å². The number of aromatic carboxylic acids is 1. The summed E-state index contributed by atoms with van der Waals surface area (Å²) < 4.78 is 11.0. The highest BCUT2D eigenvalue weighted by Gasteiger charge is 2.12. The quantitative estimate of drug-likeness (QED) is 0.571. The van der Waals surface area contributed by atoms with E-state index >= 15 is 0 Å². The van der Waals surface area contributed by atoms with Crippen LogP contribution in [0.15, 0.2) is 41.5 Å². The van der Waals surface area contributed by atoms with Gasteiger partial charge in [0.15, 0.2) is 11.5 Å². The van der Waals surface area contributed by atoms with E-state index in [0.29, 0.717) is 27.6 Å². The second-order valence-electron chi connectivity index (χ2n) is 5.25. The molecule has 8 heteroatoms. The maximum atomic E-state index is 11.0. The second kappa shape index (κ2) is 8.87. The second-order valence-corrected chi connectivity index (χ2v) is 5.66. The van der Waals surface area contributed by atoms with E-state index in [0.717, 1.165) is 0 Å². The monoisotopic (exact) mass is 376 g/mol. The van der Waals surface area contributed by atoms with Crippen molar-refractivity contribution in [3.05, 3.63) is 58.1 Å². The molecule has 0 bridgehead atoms. The first-order chi connectivity index (χ1) is 12.4. The topological polar surface area (TPSA) is 97.2 Å². The average Bonchev–Trinajstić information content (AvgIpc) is 2.60. The summed E-state index contributed by atoms with van der Waals surface area (Å²) in [7, 11) is 1.47. The molecule has 0 atom stereocenters. The van der Waals surface area contributed by atoms with E-state index in [9.17, 15) is 9.59 Å². The van der Waals surface area contributed by atoms with Crippen molar-refractivity contribution in [3.63, 3.8) is 0 Å². The molecular formula is C18H17ClN2O5. The summed E-state index contributed by atoms with van der Waals surface area (Å²) in [6, 6.07) is 9.68. The lowest BCUT2D eigenvalue weighted by molar-refractivity contribution is -0.118. The maximum absolute atomic E-state index is 11.0. The van der Waals surface area contributed by atoms with Crippen molar-refractivity contribution < 1.29 is 24.2 Å². The van der Waals surface area contributed by atoms with Crippen molar-refractivity contribution >= 4 is 29.7 Å². The molecule has 0 saturated heterocycles. The van der Waals surface area contributed by atoms with Crippen LogP contribution in [0.2, 0.25) is 5.02 Å². The molecule has 0 spiro atoms. The lowest BCUT2D eigenvalue weighted by Gasteiger charge is -2.13. The molecule has 0 aliphatic heterocycles. The van der Waals surface area contributed by atoms with Crippen LogP contribution in [-0.2, 0) is 11.4 Å². The molecule has 0 aromatic heterocycles. The molecule has 0 radical (unpaired) electrons. The van der Waals surface area contributed by atoms with E-state index in [2.05, 4.69) is 10.5 Å². The van der Waals surface area contributed by atoms with Crippen LogP contribution in [-0.4, -0.2) is 30.3 Å². The summed E-state index contributed by atoms with van der Waals surface area (Å²) >= 11 is 6.25. The predicted octanol–water partition coefficient (Wildman–Crippen LogP) is 3.10. The molecule has 0 saturated carbocycles. The van der Waals surface area contributed by atoms with Crippen molar-refractivity contribution in [2.75, 3.05) is 7.11 Å². The number of carboxylic acids is 1. The average molecular weight is 377 g/mol. The van der Waals surface area contributed by atoms with Gasteiger partial charge in [0.1, 0.15) is 6.61 Å². The van der Waals surface area contributed by atoms with Crippen LogP contribution in [0.1, 0.15) is 28.4 Å². The number of amides is 1. The van der Waals surface area contributed by atoms with Crippen LogP contribution < -0.4 is 14.9 Å². The lowest BCUT2D eigenvalue weighted by Crippen LogP contribution is -2.12. The SMILES string of the molecule is COc1cc(/C=N\NC(C)=O)cc(Cl)c1OCc1cccc(C(=O)O)c1. The summed E-state index contributed by atoms with van der Waals surface area (Å²) in [5.41, 5.74) is 3.76. The van der Waals surface area contributed by atoms with Gasteiger partial charge in [-0.1, -0.05) is 23.7 Å². The molecule has 2 N–H and O–H groups in total. The van der Waals surface area contributed by atoms with Crippen molar-refractivity contribution in [1.82, 2.24) is 5.43 Å². The predicted molar refractivity (Wildman–Crippen MR) is 97.1 cm³/mol. The number of ether oxygens (including phenoxy) is 2. The van der Waals surface area contributed by atoms with Gasteiger partial charge in [-0.05, 0) is 35.4 Å². The minimum Gasteiger partial charge on any atom is -0.493 e. The molecule has 26 heavy (non-hydrogen) atoms. The highest BCUT2D eigenvalue weighted by molar-refractivity contribution is 6.32. The van der Waals surface area contributed by atoms with Gasteiger partial charge in [-0.2, -0.15) is 5.10 Å². The standard InChI is InChI=1S/C18H17ClN2O5/c1-11(22)21-20-9-13-7-15(19)17(16(8-13)25-2)26-10-12-4-3-5-14(6-12)18(23)24/h3-9H,10H2,1-2H3,(H,21,22)(H,23,24)/b20-9-. The molecule has 0 unspecified atom stereocenters. The van der Waals surface area contributed by atoms with Gasteiger partial charge in [-0.15, -0.1) is 0 Å². The molecule has 0 aliphatic carbocycles. The Balaban J connectivity index is 2.18. The van der Waals surface area contributed by atoms with Crippen molar-refractivity contribution in [3.8, 4) is 11.5 Å².